The van der Waals surface area contributed by atoms with Crippen LogP contribution in [0.1, 0.15) is 54.3 Å². The number of hydrogen-bond donors (Lipinski definition) is 2. The van der Waals surface area contributed by atoms with E-state index in [0.717, 1.165) is 38.0 Å². The van der Waals surface area contributed by atoms with Crippen LogP contribution in [0.3, 0.4) is 0 Å². The molecular weight excluding hydrogens is 402 g/mol. The van der Waals surface area contributed by atoms with E-state index in [1.807, 2.05) is 26.0 Å². The Balaban J connectivity index is 1.38. The predicted octanol–water partition coefficient (Wildman–Crippen LogP) is 3.25. The van der Waals surface area contributed by atoms with Gasteiger partial charge in [-0.15, -0.1) is 5.10 Å². The van der Waals surface area contributed by atoms with Crippen LogP contribution >= 0.6 is 0 Å². The van der Waals surface area contributed by atoms with Crippen LogP contribution in [-0.2, 0) is 6.42 Å². The van der Waals surface area contributed by atoms with Crippen LogP contribution in [-0.4, -0.2) is 44.5 Å². The standard InChI is InChI=1S/C25H31N5O2/c1-17-27-24(23(26)31)28-30(17)22-10-6-19(7-11-22)16-18-4-8-21(9-5-18)29-14-12-20(13-15-29)25(2,3)32/h4-11,20,32H,12-16H2,1-3H3,(H2,26,31). The molecule has 0 unspecified atom stereocenters. The van der Waals surface area contributed by atoms with Gasteiger partial charge in [-0.1, -0.05) is 24.3 Å². The molecule has 7 nitrogen and oxygen atoms in total. The van der Waals surface area contributed by atoms with Gasteiger partial charge in [0.25, 0.3) is 5.91 Å². The quantitative estimate of drug-likeness (QED) is 0.622. The summed E-state index contributed by atoms with van der Waals surface area (Å²) in [5.74, 6) is 0.378. The van der Waals surface area contributed by atoms with Gasteiger partial charge < -0.3 is 15.7 Å². The van der Waals surface area contributed by atoms with Gasteiger partial charge in [0.1, 0.15) is 5.82 Å². The molecule has 7 heteroatoms. The zero-order valence-electron chi connectivity index (χ0n) is 19.0. The molecule has 1 saturated heterocycles. The van der Waals surface area contributed by atoms with Crippen molar-refractivity contribution in [2.45, 2.75) is 45.6 Å². The van der Waals surface area contributed by atoms with E-state index in [-0.39, 0.29) is 5.82 Å². The molecule has 1 amide bonds. The van der Waals surface area contributed by atoms with Gasteiger partial charge >= 0.3 is 0 Å². The van der Waals surface area contributed by atoms with Crippen molar-refractivity contribution in [3.05, 3.63) is 71.3 Å². The highest BCUT2D eigenvalue weighted by molar-refractivity contribution is 5.88. The first kappa shape index (κ1) is 22.0. The van der Waals surface area contributed by atoms with E-state index in [0.29, 0.717) is 11.7 Å². The Labute approximate surface area is 188 Å². The second kappa shape index (κ2) is 8.74. The van der Waals surface area contributed by atoms with E-state index < -0.39 is 11.5 Å². The van der Waals surface area contributed by atoms with E-state index in [9.17, 15) is 9.90 Å². The molecule has 1 aliphatic rings. The minimum absolute atomic E-state index is 0.0240. The highest BCUT2D eigenvalue weighted by Gasteiger charge is 2.30. The van der Waals surface area contributed by atoms with Gasteiger partial charge in [0.2, 0.25) is 5.82 Å². The van der Waals surface area contributed by atoms with Crippen LogP contribution < -0.4 is 10.6 Å². The smallest absolute Gasteiger partial charge is 0.288 e. The number of amides is 1. The number of aromatic nitrogens is 3. The number of benzene rings is 2. The number of nitrogens with zero attached hydrogens (tertiary/aromatic N) is 4. The monoisotopic (exact) mass is 433 g/mol. The molecule has 0 saturated carbocycles. The van der Waals surface area contributed by atoms with E-state index in [1.165, 1.54) is 16.8 Å². The number of hydrogen-bond acceptors (Lipinski definition) is 5. The molecule has 0 bridgehead atoms. The number of piperidine rings is 1. The van der Waals surface area contributed by atoms with Gasteiger partial charge in [-0.3, -0.25) is 4.79 Å². The van der Waals surface area contributed by atoms with E-state index in [2.05, 4.69) is 51.4 Å². The highest BCUT2D eigenvalue weighted by Crippen LogP contribution is 2.30. The summed E-state index contributed by atoms with van der Waals surface area (Å²) in [6.07, 6.45) is 2.87. The van der Waals surface area contributed by atoms with Crippen LogP contribution in [0.15, 0.2) is 48.5 Å². The van der Waals surface area contributed by atoms with E-state index in [4.69, 9.17) is 5.73 Å². The van der Waals surface area contributed by atoms with Crippen molar-refractivity contribution in [3.8, 4) is 5.69 Å². The molecule has 4 rings (SSSR count). The Morgan fingerprint density at radius 2 is 1.56 bits per heavy atom. The number of carbonyl (C=O) groups is 1. The molecule has 1 fully saturated rings. The molecule has 0 radical (unpaired) electrons. The lowest BCUT2D eigenvalue weighted by Gasteiger charge is -2.38. The lowest BCUT2D eigenvalue weighted by Crippen LogP contribution is -2.41. The molecule has 32 heavy (non-hydrogen) atoms. The fraction of sp³-hybridized carbons (Fsp3) is 0.400. The SMILES string of the molecule is Cc1nc(C(N)=O)nn1-c1ccc(Cc2ccc(N3CCC(C(C)(C)O)CC3)cc2)cc1. The fourth-order valence-corrected chi connectivity index (χ4v) is 4.40. The maximum Gasteiger partial charge on any atom is 0.288 e. The summed E-state index contributed by atoms with van der Waals surface area (Å²) in [5, 5.41) is 14.4. The lowest BCUT2D eigenvalue weighted by atomic mass is 9.83. The third-order valence-electron chi connectivity index (χ3n) is 6.37. The molecule has 0 atom stereocenters. The number of rotatable bonds is 6. The Morgan fingerprint density at radius 1 is 1.03 bits per heavy atom. The summed E-state index contributed by atoms with van der Waals surface area (Å²) in [5.41, 5.74) is 9.21. The van der Waals surface area contributed by atoms with Crippen LogP contribution in [0.25, 0.3) is 5.69 Å². The van der Waals surface area contributed by atoms with E-state index >= 15 is 0 Å². The molecule has 1 aliphatic heterocycles. The molecule has 2 aromatic carbocycles. The number of carbonyl (C=O) groups excluding carboxylic acids is 1. The van der Waals surface area contributed by atoms with Crippen molar-refractivity contribution >= 4 is 11.6 Å². The maximum atomic E-state index is 11.3. The summed E-state index contributed by atoms with van der Waals surface area (Å²) < 4.78 is 1.62. The molecule has 1 aromatic heterocycles. The summed E-state index contributed by atoms with van der Waals surface area (Å²) in [6, 6.07) is 16.8. The zero-order chi connectivity index (χ0) is 22.9. The highest BCUT2D eigenvalue weighted by atomic mass is 16.3. The second-order valence-corrected chi connectivity index (χ2v) is 9.18. The van der Waals surface area contributed by atoms with Gasteiger partial charge in [0.15, 0.2) is 0 Å². The van der Waals surface area contributed by atoms with Gasteiger partial charge in [0.05, 0.1) is 11.3 Å². The second-order valence-electron chi connectivity index (χ2n) is 9.18. The van der Waals surface area contributed by atoms with Gasteiger partial charge in [0, 0.05) is 18.8 Å². The number of nitrogens with two attached hydrogens (primary N) is 1. The van der Waals surface area contributed by atoms with Crippen molar-refractivity contribution in [1.29, 1.82) is 0 Å². The molecule has 168 valence electrons. The normalized spacial score (nSPS) is 15.2. The summed E-state index contributed by atoms with van der Waals surface area (Å²) in [6.45, 7) is 7.59. The molecule has 3 aromatic rings. The van der Waals surface area contributed by atoms with Crippen molar-refractivity contribution in [1.82, 2.24) is 14.8 Å². The number of aliphatic hydroxyl groups is 1. The van der Waals surface area contributed by atoms with Crippen LogP contribution in [0.4, 0.5) is 5.69 Å². The first-order valence-corrected chi connectivity index (χ1v) is 11.1. The zero-order valence-corrected chi connectivity index (χ0v) is 19.0. The van der Waals surface area contributed by atoms with Crippen LogP contribution in [0.5, 0.6) is 0 Å². The third-order valence-corrected chi connectivity index (χ3v) is 6.37. The Kier molecular flexibility index (Phi) is 6.02. The van der Waals surface area contributed by atoms with E-state index in [1.54, 1.807) is 11.6 Å². The minimum atomic E-state index is -0.631. The fourth-order valence-electron chi connectivity index (χ4n) is 4.40. The summed E-state index contributed by atoms with van der Waals surface area (Å²) in [7, 11) is 0. The summed E-state index contributed by atoms with van der Waals surface area (Å²) >= 11 is 0. The van der Waals surface area contributed by atoms with Crippen LogP contribution in [0.2, 0.25) is 0 Å². The number of anilines is 1. The van der Waals surface area contributed by atoms with Crippen molar-refractivity contribution in [2.24, 2.45) is 11.7 Å². The van der Waals surface area contributed by atoms with Gasteiger partial charge in [-0.2, -0.15) is 0 Å². The summed E-state index contributed by atoms with van der Waals surface area (Å²) in [4.78, 5) is 17.8. The van der Waals surface area contributed by atoms with Crippen molar-refractivity contribution in [2.75, 3.05) is 18.0 Å². The Bertz CT molecular complexity index is 1070. The topological polar surface area (TPSA) is 97.3 Å². The largest absolute Gasteiger partial charge is 0.390 e. The first-order chi connectivity index (χ1) is 15.2. The van der Waals surface area contributed by atoms with Crippen molar-refractivity contribution < 1.29 is 9.90 Å². The first-order valence-electron chi connectivity index (χ1n) is 11.1. The molecule has 2 heterocycles. The lowest BCUT2D eigenvalue weighted by molar-refractivity contribution is 0.00651. The molecule has 0 spiro atoms. The maximum absolute atomic E-state index is 11.3. The van der Waals surface area contributed by atoms with Gasteiger partial charge in [-0.25, -0.2) is 9.67 Å². The van der Waals surface area contributed by atoms with Gasteiger partial charge in [-0.05, 0) is 81.3 Å². The Morgan fingerprint density at radius 3 is 2.03 bits per heavy atom. The number of primary amides is 1. The van der Waals surface area contributed by atoms with Crippen LogP contribution in [0, 0.1) is 12.8 Å². The molecule has 0 aliphatic carbocycles. The molecule has 3 N–H and O–H groups in total. The third kappa shape index (κ3) is 4.83. The Hall–Kier alpha value is -3.19. The minimum Gasteiger partial charge on any atom is -0.390 e. The molecular formula is C25H31N5O2. The van der Waals surface area contributed by atoms with Crippen molar-refractivity contribution in [3.63, 3.8) is 0 Å². The average molecular weight is 434 g/mol. The predicted molar refractivity (Wildman–Crippen MR) is 125 cm³/mol. The average Bonchev–Trinajstić information content (AvgIpc) is 3.16. The number of aryl methyl sites for hydroxylation is 1.